The van der Waals surface area contributed by atoms with Gasteiger partial charge in [0.2, 0.25) is 0 Å². The minimum absolute atomic E-state index is 0.0238. The van der Waals surface area contributed by atoms with Crippen LogP contribution in [0.25, 0.3) is 5.65 Å². The molecule has 146 valence electrons. The molecule has 4 rings (SSSR count). The maximum Gasteiger partial charge on any atom is 0.276 e. The van der Waals surface area contributed by atoms with Crippen LogP contribution in [0, 0.1) is 5.82 Å². The number of pyridine rings is 1. The van der Waals surface area contributed by atoms with Crippen molar-refractivity contribution in [2.45, 2.75) is 37.8 Å². The van der Waals surface area contributed by atoms with E-state index in [0.29, 0.717) is 17.2 Å². The summed E-state index contributed by atoms with van der Waals surface area (Å²) in [6.45, 7) is 0. The van der Waals surface area contributed by atoms with Crippen LogP contribution in [0.2, 0.25) is 0 Å². The third-order valence-electron chi connectivity index (χ3n) is 4.87. The highest BCUT2D eigenvalue weighted by Crippen LogP contribution is 2.23. The number of nitrogens with one attached hydrogen (secondary N) is 2. The molecule has 0 atom stereocenters. The normalized spacial score (nSPS) is 19.5. The molecule has 0 aromatic carbocycles. The Morgan fingerprint density at radius 1 is 1.25 bits per heavy atom. The first kappa shape index (κ1) is 18.1. The van der Waals surface area contributed by atoms with Crippen LogP contribution in [-0.2, 0) is 0 Å². The van der Waals surface area contributed by atoms with E-state index in [0.717, 1.165) is 31.9 Å². The number of hydrogen-bond donors (Lipinski definition) is 4. The van der Waals surface area contributed by atoms with E-state index in [1.807, 2.05) is 0 Å². The van der Waals surface area contributed by atoms with Crippen LogP contribution < -0.4 is 22.1 Å². The summed E-state index contributed by atoms with van der Waals surface area (Å²) < 4.78 is 15.1. The number of halogens is 1. The summed E-state index contributed by atoms with van der Waals surface area (Å²) in [6, 6.07) is 3.56. The Morgan fingerprint density at radius 2 is 2.04 bits per heavy atom. The van der Waals surface area contributed by atoms with Crippen molar-refractivity contribution >= 4 is 28.7 Å². The zero-order valence-corrected chi connectivity index (χ0v) is 15.1. The Hall–Kier alpha value is -3.27. The lowest BCUT2D eigenvalue weighted by Gasteiger charge is -2.27. The molecule has 9 nitrogen and oxygen atoms in total. The van der Waals surface area contributed by atoms with Gasteiger partial charge in [-0.1, -0.05) is 0 Å². The van der Waals surface area contributed by atoms with Gasteiger partial charge in [-0.15, -0.1) is 5.10 Å². The summed E-state index contributed by atoms with van der Waals surface area (Å²) in [5, 5.41) is 10.3. The number of carbonyl (C=O) groups excluding carboxylic acids is 1. The number of carbonyl (C=O) groups is 1. The molecule has 28 heavy (non-hydrogen) atoms. The fourth-order valence-electron chi connectivity index (χ4n) is 3.35. The summed E-state index contributed by atoms with van der Waals surface area (Å²) in [5.74, 6) is -0.632. The molecule has 0 spiro atoms. The molecule has 3 heterocycles. The van der Waals surface area contributed by atoms with Gasteiger partial charge >= 0.3 is 0 Å². The number of nitrogens with two attached hydrogens (primary N) is 2. The topological polar surface area (TPSA) is 136 Å². The summed E-state index contributed by atoms with van der Waals surface area (Å²) in [5.41, 5.74) is 13.0. The zero-order chi connectivity index (χ0) is 19.7. The van der Waals surface area contributed by atoms with E-state index in [9.17, 15) is 9.18 Å². The van der Waals surface area contributed by atoms with Crippen molar-refractivity contribution < 1.29 is 9.18 Å². The first-order valence-corrected chi connectivity index (χ1v) is 9.08. The van der Waals surface area contributed by atoms with E-state index in [2.05, 4.69) is 25.7 Å². The molecule has 10 heteroatoms. The number of hydrogen-bond acceptors (Lipinski definition) is 7. The highest BCUT2D eigenvalue weighted by Gasteiger charge is 2.21. The molecule has 0 radical (unpaired) electrons. The summed E-state index contributed by atoms with van der Waals surface area (Å²) in [4.78, 5) is 20.4. The molecule has 1 aliphatic rings. The molecule has 1 aliphatic carbocycles. The van der Waals surface area contributed by atoms with E-state index in [4.69, 9.17) is 11.5 Å². The number of rotatable bonds is 4. The second-order valence-electron chi connectivity index (χ2n) is 6.93. The fourth-order valence-corrected chi connectivity index (χ4v) is 3.35. The van der Waals surface area contributed by atoms with E-state index < -0.39 is 11.7 Å². The standard InChI is InChI=1S/C18H21FN8O/c19-12-8-22-6-5-14(12)25-18(28)15-9-23-17-13(21)7-16(26-27(15)17)24-11-3-1-10(20)2-4-11/h5-11H,1-4,20-21H2,(H,24,26)(H,22,25,28). The zero-order valence-electron chi connectivity index (χ0n) is 15.1. The molecule has 6 N–H and O–H groups in total. The molecular weight excluding hydrogens is 363 g/mol. The Labute approximate surface area is 160 Å². The molecule has 1 saturated carbocycles. The molecular formula is C18H21FN8O. The average molecular weight is 384 g/mol. The molecule has 1 amide bonds. The lowest BCUT2D eigenvalue weighted by molar-refractivity contribution is 0.102. The van der Waals surface area contributed by atoms with Crippen molar-refractivity contribution in [3.63, 3.8) is 0 Å². The maximum absolute atomic E-state index is 13.8. The molecule has 1 fully saturated rings. The number of nitrogen functional groups attached to an aromatic ring is 1. The van der Waals surface area contributed by atoms with Gasteiger partial charge in [0.1, 0.15) is 5.82 Å². The van der Waals surface area contributed by atoms with Gasteiger partial charge in [-0.3, -0.25) is 9.78 Å². The Kier molecular flexibility index (Phi) is 4.78. The minimum Gasteiger partial charge on any atom is -0.396 e. The van der Waals surface area contributed by atoms with Gasteiger partial charge in [0, 0.05) is 24.3 Å². The number of fused-ring (bicyclic) bond motifs is 1. The highest BCUT2D eigenvalue weighted by molar-refractivity contribution is 6.03. The maximum atomic E-state index is 13.8. The summed E-state index contributed by atoms with van der Waals surface area (Å²) >= 11 is 0. The summed E-state index contributed by atoms with van der Waals surface area (Å²) in [7, 11) is 0. The first-order chi connectivity index (χ1) is 13.5. The number of anilines is 3. The predicted molar refractivity (Wildman–Crippen MR) is 103 cm³/mol. The largest absolute Gasteiger partial charge is 0.396 e. The van der Waals surface area contributed by atoms with Crippen LogP contribution in [0.1, 0.15) is 36.2 Å². The van der Waals surface area contributed by atoms with Gasteiger partial charge in [-0.25, -0.2) is 13.9 Å². The monoisotopic (exact) mass is 384 g/mol. The number of aromatic nitrogens is 4. The Balaban J connectivity index is 1.60. The average Bonchev–Trinajstić information content (AvgIpc) is 3.10. The van der Waals surface area contributed by atoms with Gasteiger partial charge in [0.25, 0.3) is 5.91 Å². The van der Waals surface area contributed by atoms with Crippen molar-refractivity contribution in [3.05, 3.63) is 42.2 Å². The van der Waals surface area contributed by atoms with Crippen molar-refractivity contribution in [1.29, 1.82) is 0 Å². The van der Waals surface area contributed by atoms with Crippen molar-refractivity contribution in [2.24, 2.45) is 5.73 Å². The quantitative estimate of drug-likeness (QED) is 0.538. The van der Waals surface area contributed by atoms with Crippen LogP contribution in [0.4, 0.5) is 21.6 Å². The van der Waals surface area contributed by atoms with Crippen LogP contribution in [0.5, 0.6) is 0 Å². The van der Waals surface area contributed by atoms with Crippen molar-refractivity contribution in [3.8, 4) is 0 Å². The Bertz CT molecular complexity index is 1010. The van der Waals surface area contributed by atoms with E-state index in [1.165, 1.54) is 23.0 Å². The molecule has 0 saturated heterocycles. The van der Waals surface area contributed by atoms with Crippen molar-refractivity contribution in [1.82, 2.24) is 19.6 Å². The first-order valence-electron chi connectivity index (χ1n) is 9.08. The van der Waals surface area contributed by atoms with Crippen molar-refractivity contribution in [2.75, 3.05) is 16.4 Å². The third kappa shape index (κ3) is 3.58. The van der Waals surface area contributed by atoms with E-state index in [-0.39, 0.29) is 23.5 Å². The van der Waals surface area contributed by atoms with E-state index in [1.54, 1.807) is 6.07 Å². The molecule has 3 aromatic rings. The van der Waals surface area contributed by atoms with Gasteiger partial charge in [-0.2, -0.15) is 0 Å². The van der Waals surface area contributed by atoms with Gasteiger partial charge in [-0.05, 0) is 31.7 Å². The van der Waals surface area contributed by atoms with Crippen LogP contribution in [-0.4, -0.2) is 37.6 Å². The van der Waals surface area contributed by atoms with Crippen LogP contribution >= 0.6 is 0 Å². The predicted octanol–water partition coefficient (Wildman–Crippen LogP) is 1.78. The van der Waals surface area contributed by atoms with Crippen LogP contribution in [0.3, 0.4) is 0 Å². The fraction of sp³-hybridized carbons (Fsp3) is 0.333. The minimum atomic E-state index is -0.630. The smallest absolute Gasteiger partial charge is 0.276 e. The second-order valence-corrected chi connectivity index (χ2v) is 6.93. The van der Waals surface area contributed by atoms with Gasteiger partial charge in [0.05, 0.1) is 23.8 Å². The molecule has 3 aromatic heterocycles. The third-order valence-corrected chi connectivity index (χ3v) is 4.87. The lowest BCUT2D eigenvalue weighted by Crippen LogP contribution is -2.33. The Morgan fingerprint density at radius 3 is 2.79 bits per heavy atom. The molecule has 0 unspecified atom stereocenters. The SMILES string of the molecule is Nc1cc(NC2CCC(N)CC2)nn2c(C(=O)Nc3ccncc3F)cnc12. The van der Waals surface area contributed by atoms with Gasteiger partial charge < -0.3 is 22.1 Å². The highest BCUT2D eigenvalue weighted by atomic mass is 19.1. The second kappa shape index (κ2) is 7.39. The molecule has 0 aliphatic heterocycles. The number of amides is 1. The van der Waals surface area contributed by atoms with Gasteiger partial charge in [0.15, 0.2) is 17.2 Å². The van der Waals surface area contributed by atoms with Crippen LogP contribution in [0.15, 0.2) is 30.7 Å². The van der Waals surface area contributed by atoms with E-state index >= 15 is 0 Å². The molecule has 0 bridgehead atoms. The summed E-state index contributed by atoms with van der Waals surface area (Å²) in [6.07, 6.45) is 7.56. The number of nitrogens with zero attached hydrogens (tertiary/aromatic N) is 4. The lowest BCUT2D eigenvalue weighted by atomic mass is 9.92. The number of imidazole rings is 1.